The van der Waals surface area contributed by atoms with Crippen molar-refractivity contribution in [2.45, 2.75) is 39.8 Å². The second-order valence-electron chi connectivity index (χ2n) is 5.94. The lowest BCUT2D eigenvalue weighted by atomic mass is 9.86. The molecule has 1 N–H and O–H groups in total. The minimum absolute atomic E-state index is 0.717. The lowest BCUT2D eigenvalue weighted by molar-refractivity contribution is 0.0807. The summed E-state index contributed by atoms with van der Waals surface area (Å²) in [5.74, 6) is 1.65. The summed E-state index contributed by atoms with van der Waals surface area (Å²) in [5, 5.41) is 3.52. The molecule has 1 fully saturated rings. The molecule has 2 heterocycles. The van der Waals surface area contributed by atoms with E-state index in [0.717, 1.165) is 35.8 Å². The van der Waals surface area contributed by atoms with Crippen LogP contribution in [0.15, 0.2) is 12.1 Å². The Morgan fingerprint density at radius 1 is 1.37 bits per heavy atom. The summed E-state index contributed by atoms with van der Waals surface area (Å²) in [7, 11) is 0. The van der Waals surface area contributed by atoms with E-state index in [0.29, 0.717) is 6.04 Å². The predicted molar refractivity (Wildman–Crippen MR) is 85.0 cm³/mol. The van der Waals surface area contributed by atoms with Crippen molar-refractivity contribution >= 4 is 22.9 Å². The molecular formula is C15H25ClN2S. The number of rotatable bonds is 5. The molecule has 2 rings (SSSR count). The summed E-state index contributed by atoms with van der Waals surface area (Å²) >= 11 is 7.59. The van der Waals surface area contributed by atoms with Gasteiger partial charge >= 0.3 is 0 Å². The Labute approximate surface area is 126 Å². The van der Waals surface area contributed by atoms with Gasteiger partial charge in [0.15, 0.2) is 0 Å². The molecule has 1 aliphatic heterocycles. The third-order valence-electron chi connectivity index (χ3n) is 4.22. The van der Waals surface area contributed by atoms with E-state index in [1.165, 1.54) is 17.8 Å². The Hall–Kier alpha value is -0.0900. The van der Waals surface area contributed by atoms with Crippen molar-refractivity contribution in [2.24, 2.45) is 11.8 Å². The fourth-order valence-electron chi connectivity index (χ4n) is 3.01. The summed E-state index contributed by atoms with van der Waals surface area (Å²) in [5.41, 5.74) is 0. The average molecular weight is 301 g/mol. The van der Waals surface area contributed by atoms with Crippen molar-refractivity contribution in [3.05, 3.63) is 21.3 Å². The highest BCUT2D eigenvalue weighted by molar-refractivity contribution is 7.16. The van der Waals surface area contributed by atoms with E-state index in [1.54, 1.807) is 11.3 Å². The van der Waals surface area contributed by atoms with Crippen LogP contribution in [0.25, 0.3) is 0 Å². The van der Waals surface area contributed by atoms with Crippen LogP contribution in [-0.2, 0) is 6.54 Å². The van der Waals surface area contributed by atoms with Crippen LogP contribution < -0.4 is 5.32 Å². The molecule has 0 spiro atoms. The molecule has 0 radical (unpaired) electrons. The zero-order valence-corrected chi connectivity index (χ0v) is 13.7. The van der Waals surface area contributed by atoms with E-state index in [9.17, 15) is 0 Å². The number of hydrogen-bond acceptors (Lipinski definition) is 3. The normalized spacial score (nSPS) is 28.7. The van der Waals surface area contributed by atoms with E-state index in [2.05, 4.69) is 37.1 Å². The molecule has 4 heteroatoms. The van der Waals surface area contributed by atoms with Gasteiger partial charge in [0.2, 0.25) is 0 Å². The SMILES string of the molecule is CC1CC(C)C(C)N(CCNCc2ccc(Cl)s2)C1. The molecule has 0 amide bonds. The molecule has 1 aromatic rings. The van der Waals surface area contributed by atoms with E-state index < -0.39 is 0 Å². The van der Waals surface area contributed by atoms with Gasteiger partial charge < -0.3 is 5.32 Å². The van der Waals surface area contributed by atoms with Gasteiger partial charge in [-0.05, 0) is 37.3 Å². The molecule has 0 aromatic carbocycles. The second-order valence-corrected chi connectivity index (χ2v) is 7.74. The summed E-state index contributed by atoms with van der Waals surface area (Å²) in [6, 6.07) is 4.79. The fraction of sp³-hybridized carbons (Fsp3) is 0.733. The Morgan fingerprint density at radius 2 is 2.16 bits per heavy atom. The maximum atomic E-state index is 5.93. The Morgan fingerprint density at radius 3 is 2.84 bits per heavy atom. The van der Waals surface area contributed by atoms with Crippen molar-refractivity contribution in [3.8, 4) is 0 Å². The van der Waals surface area contributed by atoms with Crippen molar-refractivity contribution in [1.29, 1.82) is 0 Å². The summed E-state index contributed by atoms with van der Waals surface area (Å²) < 4.78 is 0.879. The van der Waals surface area contributed by atoms with Crippen molar-refractivity contribution in [1.82, 2.24) is 10.2 Å². The lowest BCUT2D eigenvalue weighted by Gasteiger charge is -2.41. The maximum absolute atomic E-state index is 5.93. The van der Waals surface area contributed by atoms with Crippen LogP contribution in [-0.4, -0.2) is 30.6 Å². The van der Waals surface area contributed by atoms with Crippen LogP contribution in [0, 0.1) is 11.8 Å². The molecule has 3 atom stereocenters. The molecule has 1 aliphatic rings. The number of halogens is 1. The quantitative estimate of drug-likeness (QED) is 0.831. The van der Waals surface area contributed by atoms with Crippen LogP contribution in [0.2, 0.25) is 4.34 Å². The minimum Gasteiger partial charge on any atom is -0.311 e. The largest absolute Gasteiger partial charge is 0.311 e. The van der Waals surface area contributed by atoms with Crippen molar-refractivity contribution in [3.63, 3.8) is 0 Å². The molecule has 19 heavy (non-hydrogen) atoms. The number of likely N-dealkylation sites (tertiary alicyclic amines) is 1. The number of hydrogen-bond donors (Lipinski definition) is 1. The molecular weight excluding hydrogens is 276 g/mol. The molecule has 0 aliphatic carbocycles. The van der Waals surface area contributed by atoms with Crippen LogP contribution >= 0.6 is 22.9 Å². The third kappa shape index (κ3) is 4.45. The van der Waals surface area contributed by atoms with Gasteiger partial charge in [-0.1, -0.05) is 25.4 Å². The molecule has 108 valence electrons. The molecule has 2 nitrogen and oxygen atoms in total. The van der Waals surface area contributed by atoms with Gasteiger partial charge in [0.25, 0.3) is 0 Å². The molecule has 3 unspecified atom stereocenters. The van der Waals surface area contributed by atoms with Gasteiger partial charge in [0.1, 0.15) is 0 Å². The molecule has 0 saturated carbocycles. The van der Waals surface area contributed by atoms with E-state index in [1.807, 2.05) is 6.07 Å². The Kier molecular flexibility index (Phi) is 5.70. The Balaban J connectivity index is 1.70. The van der Waals surface area contributed by atoms with Gasteiger partial charge in [-0.2, -0.15) is 0 Å². The van der Waals surface area contributed by atoms with Gasteiger partial charge in [0, 0.05) is 37.1 Å². The smallest absolute Gasteiger partial charge is 0.0931 e. The van der Waals surface area contributed by atoms with E-state index in [-0.39, 0.29) is 0 Å². The fourth-order valence-corrected chi connectivity index (χ4v) is 4.07. The zero-order chi connectivity index (χ0) is 13.8. The highest BCUT2D eigenvalue weighted by Gasteiger charge is 2.27. The maximum Gasteiger partial charge on any atom is 0.0931 e. The van der Waals surface area contributed by atoms with Crippen LogP contribution in [0.4, 0.5) is 0 Å². The van der Waals surface area contributed by atoms with Gasteiger partial charge in [0.05, 0.1) is 4.34 Å². The highest BCUT2D eigenvalue weighted by atomic mass is 35.5. The van der Waals surface area contributed by atoms with Gasteiger partial charge in [-0.15, -0.1) is 11.3 Å². The van der Waals surface area contributed by atoms with Crippen LogP contribution in [0.3, 0.4) is 0 Å². The predicted octanol–water partition coefficient (Wildman–Crippen LogP) is 3.86. The number of thiophene rings is 1. The molecule has 1 aromatic heterocycles. The Bertz CT molecular complexity index is 393. The lowest BCUT2D eigenvalue weighted by Crippen LogP contribution is -2.47. The average Bonchev–Trinajstić information content (AvgIpc) is 2.76. The number of nitrogens with zero attached hydrogens (tertiary/aromatic N) is 1. The summed E-state index contributed by atoms with van der Waals surface area (Å²) in [4.78, 5) is 3.95. The van der Waals surface area contributed by atoms with Gasteiger partial charge in [-0.3, -0.25) is 4.90 Å². The first-order valence-electron chi connectivity index (χ1n) is 7.25. The monoisotopic (exact) mass is 300 g/mol. The standard InChI is InChI=1S/C15H25ClN2S/c1-11-8-12(2)13(3)18(10-11)7-6-17-9-14-4-5-15(16)19-14/h4-5,11-13,17H,6-10H2,1-3H3. The van der Waals surface area contributed by atoms with Crippen molar-refractivity contribution in [2.75, 3.05) is 19.6 Å². The van der Waals surface area contributed by atoms with E-state index >= 15 is 0 Å². The highest BCUT2D eigenvalue weighted by Crippen LogP contribution is 2.26. The van der Waals surface area contributed by atoms with Crippen molar-refractivity contribution < 1.29 is 0 Å². The first-order chi connectivity index (χ1) is 9.06. The third-order valence-corrected chi connectivity index (χ3v) is 5.45. The molecule has 1 saturated heterocycles. The topological polar surface area (TPSA) is 15.3 Å². The second kappa shape index (κ2) is 7.07. The first-order valence-corrected chi connectivity index (χ1v) is 8.44. The van der Waals surface area contributed by atoms with Crippen LogP contribution in [0.5, 0.6) is 0 Å². The van der Waals surface area contributed by atoms with Gasteiger partial charge in [-0.25, -0.2) is 0 Å². The summed E-state index contributed by atoms with van der Waals surface area (Å²) in [6.45, 7) is 11.5. The molecule has 0 bridgehead atoms. The number of nitrogens with one attached hydrogen (secondary N) is 1. The van der Waals surface area contributed by atoms with E-state index in [4.69, 9.17) is 11.6 Å². The van der Waals surface area contributed by atoms with Crippen LogP contribution in [0.1, 0.15) is 32.1 Å². The first kappa shape index (κ1) is 15.3. The number of piperidine rings is 1. The zero-order valence-electron chi connectivity index (χ0n) is 12.2. The summed E-state index contributed by atoms with van der Waals surface area (Å²) in [6.07, 6.45) is 1.37. The minimum atomic E-state index is 0.717.